The fourth-order valence-electron chi connectivity index (χ4n) is 4.83. The van der Waals surface area contributed by atoms with E-state index in [1.807, 2.05) is 18.2 Å². The first-order chi connectivity index (χ1) is 14.1. The van der Waals surface area contributed by atoms with E-state index in [4.69, 9.17) is 0 Å². The summed E-state index contributed by atoms with van der Waals surface area (Å²) in [7, 11) is 0. The van der Waals surface area contributed by atoms with E-state index < -0.39 is 5.54 Å². The van der Waals surface area contributed by atoms with Crippen molar-refractivity contribution in [2.24, 2.45) is 0 Å². The molecule has 2 aliphatic heterocycles. The predicted molar refractivity (Wildman–Crippen MR) is 109 cm³/mol. The highest BCUT2D eigenvalue weighted by molar-refractivity contribution is 6.07. The van der Waals surface area contributed by atoms with E-state index in [0.717, 1.165) is 51.7 Å². The number of amides is 4. The van der Waals surface area contributed by atoms with Crippen LogP contribution in [0.5, 0.6) is 0 Å². The van der Waals surface area contributed by atoms with E-state index >= 15 is 0 Å². The second kappa shape index (κ2) is 8.53. The van der Waals surface area contributed by atoms with E-state index in [9.17, 15) is 14.4 Å². The third-order valence-corrected chi connectivity index (χ3v) is 6.38. The van der Waals surface area contributed by atoms with Crippen LogP contribution in [-0.4, -0.2) is 58.9 Å². The van der Waals surface area contributed by atoms with Crippen molar-refractivity contribution in [3.63, 3.8) is 0 Å². The van der Waals surface area contributed by atoms with E-state index in [2.05, 4.69) is 27.7 Å². The molecule has 3 fully saturated rings. The average molecular weight is 399 g/mol. The summed E-state index contributed by atoms with van der Waals surface area (Å²) in [5, 5.41) is 5.99. The van der Waals surface area contributed by atoms with Gasteiger partial charge >= 0.3 is 6.03 Å². The number of likely N-dealkylation sites (tertiary alicyclic amines) is 1. The van der Waals surface area contributed by atoms with Crippen molar-refractivity contribution in [2.45, 2.75) is 63.1 Å². The number of nitrogens with zero attached hydrogens (tertiary/aromatic N) is 2. The van der Waals surface area contributed by atoms with Gasteiger partial charge in [0.05, 0.1) is 0 Å². The molecule has 1 aromatic carbocycles. The second-order valence-corrected chi connectivity index (χ2v) is 8.55. The van der Waals surface area contributed by atoms with Crippen molar-refractivity contribution >= 4 is 17.8 Å². The van der Waals surface area contributed by atoms with E-state index in [0.29, 0.717) is 19.4 Å². The standard InChI is InChI=1S/C22H30N4O3/c27-19(23-18-10-14-25(16-18)15-17-7-2-1-3-8-17)9-6-13-26-20(28)22(24-21(26)29)11-4-5-12-22/h1-3,7-8,18H,4-6,9-16H2,(H,23,27)(H,24,29)/t18-/m0/s1. The molecule has 2 saturated heterocycles. The first-order valence-corrected chi connectivity index (χ1v) is 10.8. The lowest BCUT2D eigenvalue weighted by Crippen LogP contribution is -2.44. The zero-order valence-electron chi connectivity index (χ0n) is 16.9. The van der Waals surface area contributed by atoms with Crippen LogP contribution in [0.15, 0.2) is 30.3 Å². The normalized spacial score (nSPS) is 23.7. The number of nitrogens with one attached hydrogen (secondary N) is 2. The van der Waals surface area contributed by atoms with Crippen LogP contribution < -0.4 is 10.6 Å². The maximum atomic E-state index is 12.6. The Labute approximate surface area is 171 Å². The predicted octanol–water partition coefficient (Wildman–Crippen LogP) is 2.02. The fraction of sp³-hybridized carbons (Fsp3) is 0.591. The summed E-state index contributed by atoms with van der Waals surface area (Å²) >= 11 is 0. The van der Waals surface area contributed by atoms with Crippen molar-refractivity contribution in [1.82, 2.24) is 20.4 Å². The molecule has 0 aromatic heterocycles. The molecule has 2 heterocycles. The minimum Gasteiger partial charge on any atom is -0.352 e. The number of urea groups is 1. The molecule has 1 atom stereocenters. The first kappa shape index (κ1) is 19.9. The Balaban J connectivity index is 1.17. The van der Waals surface area contributed by atoms with Crippen LogP contribution in [0.3, 0.4) is 0 Å². The Bertz CT molecular complexity index is 761. The van der Waals surface area contributed by atoms with E-state index in [1.165, 1.54) is 10.5 Å². The first-order valence-electron chi connectivity index (χ1n) is 10.8. The van der Waals surface area contributed by atoms with Gasteiger partial charge < -0.3 is 10.6 Å². The van der Waals surface area contributed by atoms with Gasteiger partial charge in [0, 0.05) is 38.6 Å². The lowest BCUT2D eigenvalue weighted by atomic mass is 9.98. The third kappa shape index (κ3) is 4.45. The summed E-state index contributed by atoms with van der Waals surface area (Å²) in [5.41, 5.74) is 0.624. The number of carbonyl (C=O) groups excluding carboxylic acids is 3. The van der Waals surface area contributed by atoms with Gasteiger partial charge in [0.1, 0.15) is 5.54 Å². The summed E-state index contributed by atoms with van der Waals surface area (Å²) in [4.78, 5) is 40.8. The van der Waals surface area contributed by atoms with Crippen LogP contribution in [0.2, 0.25) is 0 Å². The molecule has 7 nitrogen and oxygen atoms in total. The Morgan fingerprint density at radius 3 is 2.69 bits per heavy atom. The molecule has 1 saturated carbocycles. The highest BCUT2D eigenvalue weighted by Crippen LogP contribution is 2.35. The molecule has 0 radical (unpaired) electrons. The molecule has 2 N–H and O–H groups in total. The summed E-state index contributed by atoms with van der Waals surface area (Å²) in [6.45, 7) is 3.05. The number of imide groups is 1. The largest absolute Gasteiger partial charge is 0.352 e. The Morgan fingerprint density at radius 2 is 1.93 bits per heavy atom. The Hall–Kier alpha value is -2.41. The molecule has 0 unspecified atom stereocenters. The molecule has 7 heteroatoms. The summed E-state index contributed by atoms with van der Waals surface area (Å²) in [6.07, 6.45) is 5.20. The van der Waals surface area contributed by atoms with Crippen LogP contribution in [0.4, 0.5) is 4.79 Å². The van der Waals surface area contributed by atoms with E-state index in [-0.39, 0.29) is 23.9 Å². The number of rotatable bonds is 7. The Kier molecular flexibility index (Phi) is 5.85. The molecule has 4 amide bonds. The molecule has 4 rings (SSSR count). The van der Waals surface area contributed by atoms with E-state index in [1.54, 1.807) is 0 Å². The van der Waals surface area contributed by atoms with Crippen molar-refractivity contribution in [3.8, 4) is 0 Å². The lowest BCUT2D eigenvalue weighted by molar-refractivity contribution is -0.131. The third-order valence-electron chi connectivity index (χ3n) is 6.38. The summed E-state index contributed by atoms with van der Waals surface area (Å²) in [5.74, 6) is -0.105. The SMILES string of the molecule is O=C(CCCN1C(=O)NC2(CCCC2)C1=O)N[C@H]1CCN(Cc2ccccc2)C1. The molecule has 1 aliphatic carbocycles. The zero-order chi connectivity index (χ0) is 20.3. The lowest BCUT2D eigenvalue weighted by Gasteiger charge is -2.20. The minimum atomic E-state index is -0.661. The molecule has 156 valence electrons. The number of carbonyl (C=O) groups is 3. The van der Waals surface area contributed by atoms with Gasteiger partial charge in [-0.3, -0.25) is 19.4 Å². The Morgan fingerprint density at radius 1 is 1.17 bits per heavy atom. The second-order valence-electron chi connectivity index (χ2n) is 8.55. The molecule has 1 spiro atoms. The topological polar surface area (TPSA) is 81.8 Å². The van der Waals surface area contributed by atoms with Crippen LogP contribution >= 0.6 is 0 Å². The molecular formula is C22H30N4O3. The van der Waals surface area contributed by atoms with Crippen molar-refractivity contribution < 1.29 is 14.4 Å². The number of hydrogen-bond acceptors (Lipinski definition) is 4. The maximum Gasteiger partial charge on any atom is 0.325 e. The summed E-state index contributed by atoms with van der Waals surface area (Å²) < 4.78 is 0. The minimum absolute atomic E-state index is 0.000746. The molecular weight excluding hydrogens is 368 g/mol. The van der Waals surface area contributed by atoms with Gasteiger partial charge in [0.25, 0.3) is 5.91 Å². The fourth-order valence-corrected chi connectivity index (χ4v) is 4.83. The average Bonchev–Trinajstić information content (AvgIpc) is 3.40. The van der Waals surface area contributed by atoms with Gasteiger partial charge in [-0.05, 0) is 31.2 Å². The quantitative estimate of drug-likeness (QED) is 0.689. The van der Waals surface area contributed by atoms with Crippen LogP contribution in [0.1, 0.15) is 50.5 Å². The van der Waals surface area contributed by atoms with Gasteiger partial charge in [-0.25, -0.2) is 4.79 Å². The highest BCUT2D eigenvalue weighted by Gasteiger charge is 2.52. The van der Waals surface area contributed by atoms with Gasteiger partial charge in [-0.1, -0.05) is 43.2 Å². The molecule has 29 heavy (non-hydrogen) atoms. The highest BCUT2D eigenvalue weighted by atomic mass is 16.2. The van der Waals surface area contributed by atoms with Gasteiger partial charge in [-0.15, -0.1) is 0 Å². The smallest absolute Gasteiger partial charge is 0.325 e. The van der Waals surface area contributed by atoms with Gasteiger partial charge in [0.2, 0.25) is 5.91 Å². The van der Waals surface area contributed by atoms with Crippen LogP contribution in [0, 0.1) is 0 Å². The molecule has 3 aliphatic rings. The van der Waals surface area contributed by atoms with Crippen molar-refractivity contribution in [3.05, 3.63) is 35.9 Å². The van der Waals surface area contributed by atoms with Crippen LogP contribution in [0.25, 0.3) is 0 Å². The number of benzene rings is 1. The summed E-state index contributed by atoms with van der Waals surface area (Å²) in [6, 6.07) is 10.2. The van der Waals surface area contributed by atoms with Crippen molar-refractivity contribution in [2.75, 3.05) is 19.6 Å². The maximum absolute atomic E-state index is 12.6. The molecule has 1 aromatic rings. The number of hydrogen-bond donors (Lipinski definition) is 2. The zero-order valence-corrected chi connectivity index (χ0v) is 16.9. The monoisotopic (exact) mass is 398 g/mol. The molecule has 0 bridgehead atoms. The van der Waals surface area contributed by atoms with Crippen molar-refractivity contribution in [1.29, 1.82) is 0 Å². The van der Waals surface area contributed by atoms with Gasteiger partial charge in [-0.2, -0.15) is 0 Å². The van der Waals surface area contributed by atoms with Gasteiger partial charge in [0.15, 0.2) is 0 Å². The van der Waals surface area contributed by atoms with Crippen LogP contribution in [-0.2, 0) is 16.1 Å².